The number of halogens is 1. The van der Waals surface area contributed by atoms with E-state index in [0.29, 0.717) is 0 Å². The zero-order chi connectivity index (χ0) is 17.5. The summed E-state index contributed by atoms with van der Waals surface area (Å²) in [6.45, 7) is -0.499. The molecule has 0 fully saturated rings. The Bertz CT molecular complexity index is 789. The van der Waals surface area contributed by atoms with E-state index in [4.69, 9.17) is 16.3 Å². The third kappa shape index (κ3) is 5.18. The van der Waals surface area contributed by atoms with Crippen LogP contribution < -0.4 is 5.32 Å². The molecule has 0 saturated heterocycles. The van der Waals surface area contributed by atoms with Gasteiger partial charge in [0, 0.05) is 23.1 Å². The van der Waals surface area contributed by atoms with Crippen LogP contribution in [0.1, 0.15) is 4.88 Å². The van der Waals surface area contributed by atoms with Crippen LogP contribution in [0.25, 0.3) is 6.08 Å². The van der Waals surface area contributed by atoms with E-state index in [9.17, 15) is 19.7 Å². The highest BCUT2D eigenvalue weighted by molar-refractivity contribution is 7.10. The third-order valence-corrected chi connectivity index (χ3v) is 3.86. The van der Waals surface area contributed by atoms with Crippen molar-refractivity contribution in [1.82, 2.24) is 0 Å². The molecule has 0 unspecified atom stereocenters. The number of benzene rings is 1. The molecule has 0 aliphatic heterocycles. The number of esters is 1. The minimum Gasteiger partial charge on any atom is -0.452 e. The first-order valence-corrected chi connectivity index (χ1v) is 7.83. The summed E-state index contributed by atoms with van der Waals surface area (Å²) >= 11 is 7.31. The van der Waals surface area contributed by atoms with E-state index in [1.54, 1.807) is 6.08 Å². The Morgan fingerprint density at radius 2 is 2.17 bits per heavy atom. The van der Waals surface area contributed by atoms with E-state index >= 15 is 0 Å². The molecule has 1 amide bonds. The zero-order valence-corrected chi connectivity index (χ0v) is 13.7. The monoisotopic (exact) mass is 366 g/mol. The number of carbonyl (C=O) groups excluding carboxylic acids is 2. The highest BCUT2D eigenvalue weighted by Gasteiger charge is 2.12. The second-order valence-electron chi connectivity index (χ2n) is 4.43. The Labute approximate surface area is 145 Å². The number of thiophene rings is 1. The number of nitro benzene ring substituents is 1. The molecule has 24 heavy (non-hydrogen) atoms. The maximum absolute atomic E-state index is 11.7. The fourth-order valence-corrected chi connectivity index (χ4v) is 2.47. The van der Waals surface area contributed by atoms with Crippen LogP contribution in [0.3, 0.4) is 0 Å². The molecule has 0 spiro atoms. The fourth-order valence-electron chi connectivity index (χ4n) is 1.63. The number of ether oxygens (including phenoxy) is 1. The Morgan fingerprint density at radius 1 is 1.38 bits per heavy atom. The van der Waals surface area contributed by atoms with Gasteiger partial charge in [-0.3, -0.25) is 14.9 Å². The van der Waals surface area contributed by atoms with Crippen molar-refractivity contribution >= 4 is 52.3 Å². The van der Waals surface area contributed by atoms with Gasteiger partial charge in [-0.25, -0.2) is 4.79 Å². The summed E-state index contributed by atoms with van der Waals surface area (Å²) in [5.74, 6) is -1.27. The van der Waals surface area contributed by atoms with E-state index in [1.165, 1.54) is 29.5 Å². The van der Waals surface area contributed by atoms with Gasteiger partial charge in [-0.2, -0.15) is 0 Å². The minimum atomic E-state index is -0.659. The number of nitro groups is 1. The van der Waals surface area contributed by atoms with Gasteiger partial charge in [0.2, 0.25) is 0 Å². The van der Waals surface area contributed by atoms with E-state index < -0.39 is 23.4 Å². The highest BCUT2D eigenvalue weighted by atomic mass is 35.5. The van der Waals surface area contributed by atoms with Crippen molar-refractivity contribution < 1.29 is 19.2 Å². The molecule has 1 aromatic carbocycles. The number of hydrogen-bond donors (Lipinski definition) is 1. The summed E-state index contributed by atoms with van der Waals surface area (Å²) in [6, 6.07) is 7.30. The number of carbonyl (C=O) groups is 2. The van der Waals surface area contributed by atoms with Crippen LogP contribution in [0.4, 0.5) is 11.4 Å². The molecule has 0 saturated carbocycles. The molecule has 7 nitrogen and oxygen atoms in total. The van der Waals surface area contributed by atoms with Crippen molar-refractivity contribution in [2.75, 3.05) is 11.9 Å². The summed E-state index contributed by atoms with van der Waals surface area (Å²) in [6.07, 6.45) is 2.80. The number of nitrogens with one attached hydrogen (secondary N) is 1. The first-order chi connectivity index (χ1) is 11.5. The smallest absolute Gasteiger partial charge is 0.331 e. The van der Waals surface area contributed by atoms with E-state index in [-0.39, 0.29) is 16.4 Å². The van der Waals surface area contributed by atoms with Crippen molar-refractivity contribution in [2.45, 2.75) is 0 Å². The van der Waals surface area contributed by atoms with Crippen molar-refractivity contribution in [3.05, 3.63) is 61.8 Å². The molecule has 1 N–H and O–H groups in total. The van der Waals surface area contributed by atoms with Gasteiger partial charge < -0.3 is 10.1 Å². The maximum atomic E-state index is 11.7. The van der Waals surface area contributed by atoms with Crippen LogP contribution in [0.2, 0.25) is 5.02 Å². The quantitative estimate of drug-likeness (QED) is 0.365. The molecule has 1 aromatic heterocycles. The Balaban J connectivity index is 1.85. The molecule has 2 rings (SSSR count). The summed E-state index contributed by atoms with van der Waals surface area (Å²) in [5.41, 5.74) is 0.000541. The zero-order valence-electron chi connectivity index (χ0n) is 12.1. The number of non-ortho nitro benzene ring substituents is 1. The predicted molar refractivity (Wildman–Crippen MR) is 91.0 cm³/mol. The van der Waals surface area contributed by atoms with Gasteiger partial charge >= 0.3 is 5.97 Å². The van der Waals surface area contributed by atoms with Gasteiger partial charge in [-0.1, -0.05) is 17.7 Å². The number of nitrogens with zero attached hydrogens (tertiary/aromatic N) is 1. The Hall–Kier alpha value is -2.71. The summed E-state index contributed by atoms with van der Waals surface area (Å²) in [4.78, 5) is 34.1. The Morgan fingerprint density at radius 3 is 2.79 bits per heavy atom. The van der Waals surface area contributed by atoms with Crippen LogP contribution in [-0.4, -0.2) is 23.4 Å². The summed E-state index contributed by atoms with van der Waals surface area (Å²) < 4.78 is 4.79. The lowest BCUT2D eigenvalue weighted by molar-refractivity contribution is -0.384. The molecule has 0 aliphatic carbocycles. The van der Waals surface area contributed by atoms with E-state index in [1.807, 2.05) is 17.5 Å². The van der Waals surface area contributed by atoms with Crippen molar-refractivity contribution in [3.8, 4) is 0 Å². The average Bonchev–Trinajstić information content (AvgIpc) is 3.06. The molecule has 0 aliphatic rings. The van der Waals surface area contributed by atoms with Crippen molar-refractivity contribution in [3.63, 3.8) is 0 Å². The normalized spacial score (nSPS) is 10.5. The number of anilines is 1. The van der Waals surface area contributed by atoms with Gasteiger partial charge in [0.05, 0.1) is 15.6 Å². The van der Waals surface area contributed by atoms with Crippen LogP contribution in [0.15, 0.2) is 41.8 Å². The Kier molecular flexibility index (Phi) is 6.05. The summed E-state index contributed by atoms with van der Waals surface area (Å²) in [7, 11) is 0. The van der Waals surface area contributed by atoms with Crippen molar-refractivity contribution in [1.29, 1.82) is 0 Å². The molecule has 0 bridgehead atoms. The molecular weight excluding hydrogens is 356 g/mol. The number of hydrogen-bond acceptors (Lipinski definition) is 6. The van der Waals surface area contributed by atoms with E-state index in [2.05, 4.69) is 5.32 Å². The van der Waals surface area contributed by atoms with Crippen LogP contribution in [-0.2, 0) is 14.3 Å². The molecule has 1 heterocycles. The number of rotatable bonds is 6. The highest BCUT2D eigenvalue weighted by Crippen LogP contribution is 2.26. The fraction of sp³-hybridized carbons (Fsp3) is 0.0667. The largest absolute Gasteiger partial charge is 0.452 e. The SMILES string of the molecule is O=C(COC(=O)/C=C/c1cccs1)Nc1ccc([N+](=O)[O-])cc1Cl. The third-order valence-electron chi connectivity index (χ3n) is 2.71. The number of amides is 1. The minimum absolute atomic E-state index is 0.0152. The van der Waals surface area contributed by atoms with Crippen LogP contribution in [0.5, 0.6) is 0 Å². The lowest BCUT2D eigenvalue weighted by atomic mass is 10.3. The second kappa shape index (κ2) is 8.23. The molecular formula is C15H11ClN2O5S. The van der Waals surface area contributed by atoms with Gasteiger partial charge in [-0.05, 0) is 23.6 Å². The predicted octanol–water partition coefficient (Wildman–Crippen LogP) is 3.50. The second-order valence-corrected chi connectivity index (χ2v) is 5.81. The van der Waals surface area contributed by atoms with Gasteiger partial charge in [0.25, 0.3) is 11.6 Å². The first-order valence-electron chi connectivity index (χ1n) is 6.58. The molecule has 0 radical (unpaired) electrons. The topological polar surface area (TPSA) is 98.5 Å². The lowest BCUT2D eigenvalue weighted by Gasteiger charge is -2.07. The standard InChI is InChI=1S/C15H11ClN2O5S/c16-12-8-10(18(21)22)3-5-13(12)17-14(19)9-23-15(20)6-4-11-2-1-7-24-11/h1-8H,9H2,(H,17,19)/b6-4+. The maximum Gasteiger partial charge on any atom is 0.331 e. The van der Waals surface area contributed by atoms with E-state index in [0.717, 1.165) is 10.9 Å². The molecule has 9 heteroatoms. The lowest BCUT2D eigenvalue weighted by Crippen LogP contribution is -2.20. The van der Waals surface area contributed by atoms with Crippen molar-refractivity contribution in [2.24, 2.45) is 0 Å². The molecule has 124 valence electrons. The summed E-state index contributed by atoms with van der Waals surface area (Å²) in [5, 5.41) is 14.9. The first kappa shape index (κ1) is 17.6. The van der Waals surface area contributed by atoms with Gasteiger partial charge in [-0.15, -0.1) is 11.3 Å². The van der Waals surface area contributed by atoms with Crippen LogP contribution >= 0.6 is 22.9 Å². The molecule has 0 atom stereocenters. The average molecular weight is 367 g/mol. The van der Waals surface area contributed by atoms with Gasteiger partial charge in [0.1, 0.15) is 0 Å². The molecule has 2 aromatic rings. The van der Waals surface area contributed by atoms with Gasteiger partial charge in [0.15, 0.2) is 6.61 Å². The van der Waals surface area contributed by atoms with Crippen LogP contribution in [0, 0.1) is 10.1 Å².